The van der Waals surface area contributed by atoms with Crippen LogP contribution in [0.4, 0.5) is 0 Å². The molecule has 0 bridgehead atoms. The second-order valence-corrected chi connectivity index (χ2v) is 2.71. The Morgan fingerprint density at radius 1 is 1.67 bits per heavy atom. The predicted molar refractivity (Wildman–Crippen MR) is 44.7 cm³/mol. The normalized spacial score (nSPS) is 21.5. The van der Waals surface area contributed by atoms with Crippen LogP contribution in [-0.2, 0) is 0 Å². The lowest BCUT2D eigenvalue weighted by Gasteiger charge is -2.24. The first-order chi connectivity index (χ1) is 5.83. The summed E-state index contributed by atoms with van der Waals surface area (Å²) in [5.74, 6) is 0. The zero-order valence-electron chi connectivity index (χ0n) is 6.73. The van der Waals surface area contributed by atoms with Gasteiger partial charge in [0.2, 0.25) is 0 Å². The van der Waals surface area contributed by atoms with Gasteiger partial charge in [-0.15, -0.1) is 0 Å². The van der Waals surface area contributed by atoms with Gasteiger partial charge in [-0.05, 0) is 0 Å². The van der Waals surface area contributed by atoms with Crippen LogP contribution >= 0.6 is 0 Å². The Kier molecular flexibility index (Phi) is 1.45. The smallest absolute Gasteiger partial charge is 0.0984 e. The first kappa shape index (κ1) is 7.07. The highest BCUT2D eigenvalue weighted by Gasteiger charge is 2.25. The highest BCUT2D eigenvalue weighted by atomic mass is 15.6. The number of hydrogen-bond donors (Lipinski definition) is 0. The van der Waals surface area contributed by atoms with Crippen LogP contribution in [0.1, 0.15) is 0 Å². The summed E-state index contributed by atoms with van der Waals surface area (Å²) in [7, 11) is 1.94. The highest BCUT2D eigenvalue weighted by Crippen LogP contribution is 2.22. The number of fused-ring (bicyclic) bond motifs is 1. The van der Waals surface area contributed by atoms with Crippen molar-refractivity contribution in [2.24, 2.45) is 4.99 Å². The van der Waals surface area contributed by atoms with Gasteiger partial charge in [-0.1, -0.05) is 0 Å². The molecule has 0 amide bonds. The summed E-state index contributed by atoms with van der Waals surface area (Å²) in [5.41, 5.74) is 1.66. The first-order valence-corrected chi connectivity index (χ1v) is 3.66. The average Bonchev–Trinajstić information content (AvgIpc) is 2.44. The SMILES string of the molecule is CN1CC(C#N)=C2C=NC=CN21. The van der Waals surface area contributed by atoms with Crippen LogP contribution in [-0.4, -0.2) is 29.8 Å². The molecular formula is C8H8N4. The topological polar surface area (TPSA) is 42.6 Å². The third kappa shape index (κ3) is 0.840. The molecule has 0 saturated carbocycles. The second-order valence-electron chi connectivity index (χ2n) is 2.71. The van der Waals surface area contributed by atoms with Crippen LogP contribution in [0.15, 0.2) is 28.7 Å². The van der Waals surface area contributed by atoms with Gasteiger partial charge in [0.25, 0.3) is 0 Å². The van der Waals surface area contributed by atoms with Crippen molar-refractivity contribution in [1.29, 1.82) is 5.26 Å². The van der Waals surface area contributed by atoms with E-state index in [1.165, 1.54) is 0 Å². The van der Waals surface area contributed by atoms with Crippen LogP contribution < -0.4 is 0 Å². The summed E-state index contributed by atoms with van der Waals surface area (Å²) in [6.07, 6.45) is 5.27. The van der Waals surface area contributed by atoms with E-state index in [9.17, 15) is 0 Å². The number of hydrazine groups is 1. The van der Waals surface area contributed by atoms with Crippen LogP contribution in [0.25, 0.3) is 0 Å². The van der Waals surface area contributed by atoms with E-state index in [1.807, 2.05) is 23.3 Å². The molecular weight excluding hydrogens is 152 g/mol. The van der Waals surface area contributed by atoms with Gasteiger partial charge >= 0.3 is 0 Å². The zero-order chi connectivity index (χ0) is 8.55. The van der Waals surface area contributed by atoms with E-state index in [4.69, 9.17) is 5.26 Å². The van der Waals surface area contributed by atoms with E-state index in [2.05, 4.69) is 11.1 Å². The second kappa shape index (κ2) is 2.47. The predicted octanol–water partition coefficient (Wildman–Crippen LogP) is 0.482. The molecule has 0 aromatic heterocycles. The molecule has 0 N–H and O–H groups in total. The Morgan fingerprint density at radius 3 is 3.25 bits per heavy atom. The van der Waals surface area contributed by atoms with E-state index in [-0.39, 0.29) is 0 Å². The van der Waals surface area contributed by atoms with Crippen molar-refractivity contribution in [2.75, 3.05) is 13.6 Å². The minimum absolute atomic E-state index is 0.669. The number of aliphatic imine (C=N–C) groups is 1. The minimum atomic E-state index is 0.669. The van der Waals surface area contributed by atoms with Gasteiger partial charge in [-0.2, -0.15) is 5.26 Å². The monoisotopic (exact) mass is 160 g/mol. The molecule has 0 saturated heterocycles. The van der Waals surface area contributed by atoms with Gasteiger partial charge in [0.05, 0.1) is 30.1 Å². The Balaban J connectivity index is 2.43. The van der Waals surface area contributed by atoms with E-state index in [1.54, 1.807) is 12.4 Å². The standard InChI is InChI=1S/C8H8N4/c1-11-6-7(4-9)8-5-10-2-3-12(8)11/h2-3,5H,6H2,1H3. The molecule has 0 fully saturated rings. The Bertz CT molecular complexity index is 331. The van der Waals surface area contributed by atoms with Crippen molar-refractivity contribution >= 4 is 6.21 Å². The van der Waals surface area contributed by atoms with E-state index < -0.39 is 0 Å². The number of nitriles is 1. The van der Waals surface area contributed by atoms with Crippen LogP contribution in [0.5, 0.6) is 0 Å². The largest absolute Gasteiger partial charge is 0.277 e. The first-order valence-electron chi connectivity index (χ1n) is 3.66. The van der Waals surface area contributed by atoms with Gasteiger partial charge in [0.1, 0.15) is 0 Å². The molecule has 4 nitrogen and oxygen atoms in total. The molecule has 0 aromatic rings. The molecule has 0 atom stereocenters. The van der Waals surface area contributed by atoms with Crippen molar-refractivity contribution in [1.82, 2.24) is 10.0 Å². The fourth-order valence-electron chi connectivity index (χ4n) is 1.35. The number of allylic oxidation sites excluding steroid dienone is 1. The molecule has 0 aliphatic carbocycles. The Hall–Kier alpha value is -1.60. The molecule has 0 radical (unpaired) electrons. The molecule has 0 aromatic carbocycles. The Labute approximate surface area is 70.7 Å². The number of likely N-dealkylation sites (N-methyl/N-ethyl adjacent to an activating group) is 1. The molecule has 2 rings (SSSR count). The van der Waals surface area contributed by atoms with Gasteiger partial charge < -0.3 is 0 Å². The number of hydrogen-bond acceptors (Lipinski definition) is 4. The minimum Gasteiger partial charge on any atom is -0.277 e. The quantitative estimate of drug-likeness (QED) is 0.517. The molecule has 2 heterocycles. The summed E-state index contributed by atoms with van der Waals surface area (Å²) >= 11 is 0. The third-order valence-electron chi connectivity index (χ3n) is 1.94. The maximum atomic E-state index is 8.78. The lowest BCUT2D eigenvalue weighted by molar-refractivity contribution is 0.134. The summed E-state index contributed by atoms with van der Waals surface area (Å²) in [5, 5.41) is 12.7. The van der Waals surface area contributed by atoms with E-state index >= 15 is 0 Å². The van der Waals surface area contributed by atoms with E-state index in [0.29, 0.717) is 6.54 Å². The molecule has 2 aliphatic rings. The molecule has 2 aliphatic heterocycles. The van der Waals surface area contributed by atoms with Gasteiger partial charge in [-0.25, -0.2) is 5.01 Å². The van der Waals surface area contributed by atoms with Gasteiger partial charge in [0.15, 0.2) is 0 Å². The molecule has 60 valence electrons. The molecule has 0 unspecified atom stereocenters. The van der Waals surface area contributed by atoms with Crippen molar-refractivity contribution < 1.29 is 0 Å². The highest BCUT2D eigenvalue weighted by molar-refractivity contribution is 5.82. The number of rotatable bonds is 0. The third-order valence-corrected chi connectivity index (χ3v) is 1.94. The summed E-state index contributed by atoms with van der Waals surface area (Å²) in [6, 6.07) is 2.16. The summed E-state index contributed by atoms with van der Waals surface area (Å²) < 4.78 is 0. The van der Waals surface area contributed by atoms with Crippen molar-refractivity contribution in [3.8, 4) is 6.07 Å². The lowest BCUT2D eigenvalue weighted by atomic mass is 10.2. The fourth-order valence-corrected chi connectivity index (χ4v) is 1.35. The molecule has 4 heteroatoms. The lowest BCUT2D eigenvalue weighted by Crippen LogP contribution is -2.30. The molecule has 12 heavy (non-hydrogen) atoms. The average molecular weight is 160 g/mol. The van der Waals surface area contributed by atoms with Gasteiger partial charge in [-0.3, -0.25) is 10.0 Å². The molecule has 0 spiro atoms. The van der Waals surface area contributed by atoms with E-state index in [0.717, 1.165) is 11.3 Å². The summed E-state index contributed by atoms with van der Waals surface area (Å²) in [4.78, 5) is 3.97. The zero-order valence-corrected chi connectivity index (χ0v) is 6.73. The maximum absolute atomic E-state index is 8.78. The van der Waals surface area contributed by atoms with Crippen LogP contribution in [0, 0.1) is 11.3 Å². The fraction of sp³-hybridized carbons (Fsp3) is 0.250. The van der Waals surface area contributed by atoms with Crippen molar-refractivity contribution in [3.05, 3.63) is 23.7 Å². The Morgan fingerprint density at radius 2 is 2.50 bits per heavy atom. The summed E-state index contributed by atoms with van der Waals surface area (Å²) in [6.45, 7) is 0.669. The van der Waals surface area contributed by atoms with Gasteiger partial charge in [0, 0.05) is 19.4 Å². The maximum Gasteiger partial charge on any atom is 0.0984 e. The van der Waals surface area contributed by atoms with Crippen LogP contribution in [0.2, 0.25) is 0 Å². The van der Waals surface area contributed by atoms with Crippen molar-refractivity contribution in [3.63, 3.8) is 0 Å². The van der Waals surface area contributed by atoms with Crippen molar-refractivity contribution in [2.45, 2.75) is 0 Å². The van der Waals surface area contributed by atoms with Crippen LogP contribution in [0.3, 0.4) is 0 Å². The number of nitrogens with zero attached hydrogens (tertiary/aromatic N) is 4.